The van der Waals surface area contributed by atoms with Crippen LogP contribution >= 0.6 is 23.2 Å². The van der Waals surface area contributed by atoms with Crippen LogP contribution in [0.4, 0.5) is 0 Å². The predicted octanol–water partition coefficient (Wildman–Crippen LogP) is 1.92. The zero-order valence-electron chi connectivity index (χ0n) is 4.83. The third-order valence-electron chi connectivity index (χ3n) is 0.592. The first-order valence-electron chi connectivity index (χ1n) is 2.19. The summed E-state index contributed by atoms with van der Waals surface area (Å²) in [5.74, 6) is 0. The Morgan fingerprint density at radius 3 is 2.30 bits per heavy atom. The topological polar surface area (TPSA) is 49.6 Å². The first kappa shape index (κ1) is 9.15. The van der Waals surface area contributed by atoms with Crippen LogP contribution in [-0.2, 0) is 0 Å². The second-order valence-corrected chi connectivity index (χ2v) is 1.87. The lowest BCUT2D eigenvalue weighted by molar-refractivity contribution is 1.17. The van der Waals surface area contributed by atoms with Gasteiger partial charge in [0.05, 0.1) is 0 Å². The summed E-state index contributed by atoms with van der Waals surface area (Å²) >= 11 is 10.7. The number of halogens is 2. The van der Waals surface area contributed by atoms with Gasteiger partial charge in [0.15, 0.2) is 0 Å². The van der Waals surface area contributed by atoms with E-state index in [0.29, 0.717) is 5.15 Å². The Morgan fingerprint density at radius 2 is 2.00 bits per heavy atom. The van der Waals surface area contributed by atoms with Gasteiger partial charge in [-0.05, 0) is 17.7 Å². The number of hydrogen-bond acceptors (Lipinski definition) is 3. The second-order valence-electron chi connectivity index (χ2n) is 1.15. The minimum atomic E-state index is 0.178. The van der Waals surface area contributed by atoms with Gasteiger partial charge in [-0.2, -0.15) is 0 Å². The molecule has 0 aliphatic rings. The zero-order valence-corrected chi connectivity index (χ0v) is 6.34. The van der Waals surface area contributed by atoms with Crippen LogP contribution in [0.3, 0.4) is 0 Å². The summed E-state index contributed by atoms with van der Waals surface area (Å²) < 4.78 is 0. The molecule has 52 valence electrons. The SMILES string of the molecule is C#N.Clc1ccnc(Cl)n1. The highest BCUT2D eigenvalue weighted by Crippen LogP contribution is 2.04. The quantitative estimate of drug-likeness (QED) is 0.448. The van der Waals surface area contributed by atoms with E-state index in [-0.39, 0.29) is 5.28 Å². The molecule has 10 heavy (non-hydrogen) atoms. The summed E-state index contributed by atoms with van der Waals surface area (Å²) in [5.41, 5.74) is 0. The largest absolute Gasteiger partial charge is 0.226 e. The molecule has 0 fully saturated rings. The van der Waals surface area contributed by atoms with Gasteiger partial charge in [-0.3, -0.25) is 0 Å². The molecule has 0 amide bonds. The first-order valence-corrected chi connectivity index (χ1v) is 2.94. The van der Waals surface area contributed by atoms with E-state index in [1.54, 1.807) is 6.07 Å². The van der Waals surface area contributed by atoms with E-state index in [1.807, 2.05) is 0 Å². The van der Waals surface area contributed by atoms with Crippen molar-refractivity contribution in [1.29, 1.82) is 5.26 Å². The molecule has 0 bridgehead atoms. The lowest BCUT2D eigenvalue weighted by Crippen LogP contribution is -1.77. The molecule has 0 radical (unpaired) electrons. The van der Waals surface area contributed by atoms with E-state index in [1.165, 1.54) is 6.20 Å². The highest BCUT2D eigenvalue weighted by molar-refractivity contribution is 6.31. The number of rotatable bonds is 0. The fourth-order valence-electron chi connectivity index (χ4n) is 0.315. The van der Waals surface area contributed by atoms with Crippen molar-refractivity contribution in [2.24, 2.45) is 0 Å². The molecule has 0 saturated heterocycles. The lowest BCUT2D eigenvalue weighted by Gasteiger charge is -1.85. The molecule has 5 heteroatoms. The minimum Gasteiger partial charge on any atom is -0.226 e. The van der Waals surface area contributed by atoms with E-state index < -0.39 is 0 Å². The highest BCUT2D eigenvalue weighted by atomic mass is 35.5. The van der Waals surface area contributed by atoms with Crippen LogP contribution in [-0.4, -0.2) is 9.97 Å². The Bertz CT molecular complexity index is 206. The molecule has 1 heterocycles. The third kappa shape index (κ3) is 3.23. The van der Waals surface area contributed by atoms with Crippen LogP contribution < -0.4 is 0 Å². The van der Waals surface area contributed by atoms with E-state index >= 15 is 0 Å². The molecular formula is C5H3Cl2N3. The Labute approximate surface area is 68.2 Å². The molecule has 0 atom stereocenters. The summed E-state index contributed by atoms with van der Waals surface area (Å²) in [6.07, 6.45) is 1.50. The maximum absolute atomic E-state index is 6.50. The molecule has 0 aliphatic heterocycles. The number of hydrogen-bond donors (Lipinski definition) is 0. The monoisotopic (exact) mass is 175 g/mol. The standard InChI is InChI=1S/C4H2Cl2N2.CHN/c5-3-1-2-7-4(6)8-3;1-2/h1-2H;1H. The van der Waals surface area contributed by atoms with Crippen molar-refractivity contribution in [3.63, 3.8) is 0 Å². The Morgan fingerprint density at radius 1 is 1.40 bits per heavy atom. The van der Waals surface area contributed by atoms with Gasteiger partial charge < -0.3 is 0 Å². The van der Waals surface area contributed by atoms with Crippen LogP contribution in [0.15, 0.2) is 12.3 Å². The molecule has 0 N–H and O–H groups in total. The maximum Gasteiger partial charge on any atom is 0.223 e. The smallest absolute Gasteiger partial charge is 0.223 e. The summed E-state index contributed by atoms with van der Waals surface area (Å²) in [6, 6.07) is 1.56. The molecule has 0 saturated carbocycles. The summed E-state index contributed by atoms with van der Waals surface area (Å²) in [7, 11) is 0. The van der Waals surface area contributed by atoms with Crippen molar-refractivity contribution in [2.75, 3.05) is 0 Å². The average molecular weight is 176 g/mol. The van der Waals surface area contributed by atoms with Crippen LogP contribution in [0.2, 0.25) is 10.4 Å². The molecular weight excluding hydrogens is 173 g/mol. The fraction of sp³-hybridized carbons (Fsp3) is 0. The van der Waals surface area contributed by atoms with Crippen molar-refractivity contribution >= 4 is 23.2 Å². The first-order chi connectivity index (χ1) is 4.79. The lowest BCUT2D eigenvalue weighted by atomic mass is 10.7. The van der Waals surface area contributed by atoms with Gasteiger partial charge in [-0.15, -0.1) is 0 Å². The number of aromatic nitrogens is 2. The van der Waals surface area contributed by atoms with Crippen molar-refractivity contribution < 1.29 is 0 Å². The second kappa shape index (κ2) is 4.98. The Kier molecular flexibility index (Phi) is 4.55. The molecule has 0 aliphatic carbocycles. The maximum atomic E-state index is 6.50. The highest BCUT2D eigenvalue weighted by Gasteiger charge is 1.88. The summed E-state index contributed by atoms with van der Waals surface area (Å²) in [6.45, 7) is 3.50. The van der Waals surface area contributed by atoms with Crippen LogP contribution in [0.1, 0.15) is 0 Å². The van der Waals surface area contributed by atoms with Crippen molar-refractivity contribution in [3.05, 3.63) is 22.7 Å². The molecule has 0 aromatic carbocycles. The molecule has 3 nitrogen and oxygen atoms in total. The third-order valence-corrected chi connectivity index (χ3v) is 0.985. The van der Waals surface area contributed by atoms with E-state index in [9.17, 15) is 0 Å². The van der Waals surface area contributed by atoms with Crippen LogP contribution in [0, 0.1) is 11.8 Å². The van der Waals surface area contributed by atoms with E-state index in [2.05, 4.69) is 16.5 Å². The Hall–Kier alpha value is -0.850. The van der Waals surface area contributed by atoms with Gasteiger partial charge >= 0.3 is 0 Å². The van der Waals surface area contributed by atoms with Crippen molar-refractivity contribution in [3.8, 4) is 6.57 Å². The van der Waals surface area contributed by atoms with Gasteiger partial charge in [-0.1, -0.05) is 11.6 Å². The van der Waals surface area contributed by atoms with E-state index in [4.69, 9.17) is 28.5 Å². The van der Waals surface area contributed by atoms with Gasteiger partial charge in [0.1, 0.15) is 5.15 Å². The summed E-state index contributed by atoms with van der Waals surface area (Å²) in [4.78, 5) is 7.20. The molecule has 1 aromatic heterocycles. The molecule has 0 spiro atoms. The fourth-order valence-corrected chi connectivity index (χ4v) is 0.642. The number of nitriles is 1. The van der Waals surface area contributed by atoms with Crippen LogP contribution in [0.25, 0.3) is 0 Å². The normalized spacial score (nSPS) is 7.60. The van der Waals surface area contributed by atoms with E-state index in [0.717, 1.165) is 0 Å². The predicted molar refractivity (Wildman–Crippen MR) is 38.7 cm³/mol. The zero-order chi connectivity index (χ0) is 7.98. The van der Waals surface area contributed by atoms with Crippen molar-refractivity contribution in [2.45, 2.75) is 0 Å². The van der Waals surface area contributed by atoms with Crippen LogP contribution in [0.5, 0.6) is 0 Å². The Balaban J connectivity index is 0.000000371. The molecule has 0 unspecified atom stereocenters. The number of nitrogens with zero attached hydrogens (tertiary/aromatic N) is 3. The van der Waals surface area contributed by atoms with Crippen molar-refractivity contribution in [1.82, 2.24) is 9.97 Å². The molecule has 1 rings (SSSR count). The molecule has 1 aromatic rings. The van der Waals surface area contributed by atoms with Gasteiger partial charge in [0.2, 0.25) is 5.28 Å². The minimum absolute atomic E-state index is 0.178. The summed E-state index contributed by atoms with van der Waals surface area (Å²) in [5, 5.41) is 7.04. The van der Waals surface area contributed by atoms with Gasteiger partial charge in [0, 0.05) is 12.8 Å². The van der Waals surface area contributed by atoms with Gasteiger partial charge in [0.25, 0.3) is 0 Å². The average Bonchev–Trinajstić information content (AvgIpc) is 1.91. The van der Waals surface area contributed by atoms with Gasteiger partial charge in [-0.25, -0.2) is 15.2 Å².